The summed E-state index contributed by atoms with van der Waals surface area (Å²) >= 11 is 0. The fraction of sp³-hybridized carbons (Fsp3) is 0.727. The monoisotopic (exact) mass is 208 g/mol. The van der Waals surface area contributed by atoms with Gasteiger partial charge in [-0.05, 0) is 13.5 Å². The maximum Gasteiger partial charge on any atom is 0.0948 e. The van der Waals surface area contributed by atoms with Crippen molar-refractivity contribution in [3.05, 3.63) is 18.2 Å². The van der Waals surface area contributed by atoms with Crippen LogP contribution in [0.4, 0.5) is 0 Å². The van der Waals surface area contributed by atoms with E-state index in [2.05, 4.69) is 33.6 Å². The molecule has 0 aromatic carbocycles. The summed E-state index contributed by atoms with van der Waals surface area (Å²) in [7, 11) is 0. The highest BCUT2D eigenvalue weighted by Gasteiger charge is 2.23. The minimum Gasteiger partial charge on any atom is -0.334 e. The average molecular weight is 208 g/mol. The summed E-state index contributed by atoms with van der Waals surface area (Å²) in [6.45, 7) is 9.80. The minimum atomic E-state index is 0.718. The van der Waals surface area contributed by atoms with E-state index in [1.807, 2.05) is 12.5 Å². The third kappa shape index (κ3) is 2.21. The van der Waals surface area contributed by atoms with Gasteiger partial charge in [-0.25, -0.2) is 4.98 Å². The number of likely N-dealkylation sites (N-methyl/N-ethyl adjacent to an activating group) is 1. The van der Waals surface area contributed by atoms with E-state index in [9.17, 15) is 0 Å². The largest absolute Gasteiger partial charge is 0.334 e. The maximum atomic E-state index is 4.20. The van der Waals surface area contributed by atoms with Crippen LogP contribution in [-0.4, -0.2) is 40.1 Å². The molecule has 84 valence electrons. The van der Waals surface area contributed by atoms with E-state index in [0.29, 0.717) is 0 Å². The molecule has 0 saturated carbocycles. The Hall–Kier alpha value is -0.870. The number of imidazole rings is 1. The van der Waals surface area contributed by atoms with Crippen LogP contribution in [0.5, 0.6) is 0 Å². The van der Waals surface area contributed by atoms with Crippen molar-refractivity contribution in [2.45, 2.75) is 33.0 Å². The van der Waals surface area contributed by atoms with Gasteiger partial charge >= 0.3 is 0 Å². The first-order valence-electron chi connectivity index (χ1n) is 5.79. The minimum absolute atomic E-state index is 0.718. The average Bonchev–Trinajstić information content (AvgIpc) is 2.61. The van der Waals surface area contributed by atoms with Crippen molar-refractivity contribution in [2.24, 2.45) is 0 Å². The van der Waals surface area contributed by atoms with Gasteiger partial charge < -0.3 is 9.88 Å². The molecular formula is C11H20N4. The SMILES string of the molecule is CCN(Cc1cncn1CC)C1CNC1. The second-order valence-corrected chi connectivity index (χ2v) is 4.05. The van der Waals surface area contributed by atoms with Crippen LogP contribution in [0.3, 0.4) is 0 Å². The van der Waals surface area contributed by atoms with E-state index >= 15 is 0 Å². The first-order valence-corrected chi connectivity index (χ1v) is 5.79. The predicted octanol–water partition coefficient (Wildman–Crippen LogP) is 0.697. The zero-order chi connectivity index (χ0) is 10.7. The van der Waals surface area contributed by atoms with Crippen molar-refractivity contribution in [2.75, 3.05) is 19.6 Å². The van der Waals surface area contributed by atoms with Crippen LogP contribution in [0.15, 0.2) is 12.5 Å². The molecule has 1 saturated heterocycles. The molecule has 1 aliphatic rings. The molecule has 0 unspecified atom stereocenters. The molecule has 0 atom stereocenters. The molecular weight excluding hydrogens is 188 g/mol. The topological polar surface area (TPSA) is 33.1 Å². The van der Waals surface area contributed by atoms with Crippen molar-refractivity contribution in [3.8, 4) is 0 Å². The fourth-order valence-corrected chi connectivity index (χ4v) is 2.00. The third-order valence-electron chi connectivity index (χ3n) is 3.19. The van der Waals surface area contributed by atoms with Crippen LogP contribution in [0.25, 0.3) is 0 Å². The summed E-state index contributed by atoms with van der Waals surface area (Å²) in [6.07, 6.45) is 3.90. The Morgan fingerprint density at radius 3 is 2.87 bits per heavy atom. The lowest BCUT2D eigenvalue weighted by molar-refractivity contribution is 0.142. The van der Waals surface area contributed by atoms with Gasteiger partial charge in [0.25, 0.3) is 0 Å². The van der Waals surface area contributed by atoms with Crippen molar-refractivity contribution in [1.29, 1.82) is 0 Å². The van der Waals surface area contributed by atoms with Gasteiger partial charge in [-0.3, -0.25) is 4.90 Å². The van der Waals surface area contributed by atoms with Crippen LogP contribution in [-0.2, 0) is 13.1 Å². The Kier molecular flexibility index (Phi) is 3.38. The van der Waals surface area contributed by atoms with Crippen LogP contribution in [0.2, 0.25) is 0 Å². The van der Waals surface area contributed by atoms with Gasteiger partial charge in [-0.2, -0.15) is 0 Å². The lowest BCUT2D eigenvalue weighted by Crippen LogP contribution is -2.56. The summed E-state index contributed by atoms with van der Waals surface area (Å²) in [5.41, 5.74) is 1.33. The number of hydrogen-bond donors (Lipinski definition) is 1. The highest BCUT2D eigenvalue weighted by Crippen LogP contribution is 2.10. The quantitative estimate of drug-likeness (QED) is 0.773. The standard InChI is InChI=1S/C11H20N4/c1-3-14(10-5-12-6-10)8-11-7-13-9-15(11)4-2/h7,9-10,12H,3-6,8H2,1-2H3. The van der Waals surface area contributed by atoms with Crippen LogP contribution in [0.1, 0.15) is 19.5 Å². The Bertz CT molecular complexity index is 303. The first-order chi connectivity index (χ1) is 7.35. The van der Waals surface area contributed by atoms with Gasteiger partial charge in [-0.1, -0.05) is 6.92 Å². The lowest BCUT2D eigenvalue weighted by Gasteiger charge is -2.37. The summed E-state index contributed by atoms with van der Waals surface area (Å²) in [5, 5.41) is 3.32. The second kappa shape index (κ2) is 4.77. The van der Waals surface area contributed by atoms with E-state index in [0.717, 1.165) is 38.8 Å². The van der Waals surface area contributed by atoms with E-state index < -0.39 is 0 Å². The zero-order valence-electron chi connectivity index (χ0n) is 9.61. The van der Waals surface area contributed by atoms with Crippen LogP contribution >= 0.6 is 0 Å². The molecule has 15 heavy (non-hydrogen) atoms. The predicted molar refractivity (Wildman–Crippen MR) is 60.6 cm³/mol. The number of hydrogen-bond acceptors (Lipinski definition) is 3. The molecule has 2 heterocycles. The van der Waals surface area contributed by atoms with Crippen molar-refractivity contribution < 1.29 is 0 Å². The van der Waals surface area contributed by atoms with Crippen molar-refractivity contribution in [1.82, 2.24) is 19.8 Å². The summed E-state index contributed by atoms with van der Waals surface area (Å²) in [4.78, 5) is 6.72. The number of aromatic nitrogens is 2. The van der Waals surface area contributed by atoms with Gasteiger partial charge in [0.1, 0.15) is 0 Å². The molecule has 0 aliphatic carbocycles. The molecule has 4 heteroatoms. The van der Waals surface area contributed by atoms with Crippen molar-refractivity contribution >= 4 is 0 Å². The second-order valence-electron chi connectivity index (χ2n) is 4.05. The lowest BCUT2D eigenvalue weighted by atomic mass is 10.1. The molecule has 0 radical (unpaired) electrons. The van der Waals surface area contributed by atoms with E-state index in [1.54, 1.807) is 0 Å². The third-order valence-corrected chi connectivity index (χ3v) is 3.19. The first kappa shape index (κ1) is 10.6. The molecule has 0 amide bonds. The van der Waals surface area contributed by atoms with Crippen molar-refractivity contribution in [3.63, 3.8) is 0 Å². The fourth-order valence-electron chi connectivity index (χ4n) is 2.00. The number of aryl methyl sites for hydroxylation is 1. The van der Waals surface area contributed by atoms with Gasteiger partial charge in [0.2, 0.25) is 0 Å². The Balaban J connectivity index is 1.99. The number of rotatable bonds is 5. The van der Waals surface area contributed by atoms with Gasteiger partial charge in [0.15, 0.2) is 0 Å². The van der Waals surface area contributed by atoms with Crippen LogP contribution in [0, 0.1) is 0 Å². The van der Waals surface area contributed by atoms with E-state index in [-0.39, 0.29) is 0 Å². The Labute approximate surface area is 91.3 Å². The molecule has 1 aromatic rings. The molecule has 2 rings (SSSR count). The van der Waals surface area contributed by atoms with Gasteiger partial charge in [-0.15, -0.1) is 0 Å². The summed E-state index contributed by atoms with van der Waals surface area (Å²) < 4.78 is 2.22. The normalized spacial score (nSPS) is 17.0. The summed E-state index contributed by atoms with van der Waals surface area (Å²) in [5.74, 6) is 0. The summed E-state index contributed by atoms with van der Waals surface area (Å²) in [6, 6.07) is 0.718. The molecule has 4 nitrogen and oxygen atoms in total. The van der Waals surface area contributed by atoms with E-state index in [4.69, 9.17) is 0 Å². The maximum absolute atomic E-state index is 4.20. The Morgan fingerprint density at radius 1 is 1.53 bits per heavy atom. The highest BCUT2D eigenvalue weighted by molar-refractivity contribution is 4.99. The molecule has 0 spiro atoms. The van der Waals surface area contributed by atoms with Gasteiger partial charge in [0.05, 0.1) is 12.0 Å². The molecule has 1 N–H and O–H groups in total. The zero-order valence-corrected chi connectivity index (χ0v) is 9.61. The number of nitrogens with zero attached hydrogens (tertiary/aromatic N) is 3. The van der Waals surface area contributed by atoms with E-state index in [1.165, 1.54) is 5.69 Å². The molecule has 1 fully saturated rings. The Morgan fingerprint density at radius 2 is 2.33 bits per heavy atom. The molecule has 1 aliphatic heterocycles. The number of nitrogens with one attached hydrogen (secondary N) is 1. The molecule has 0 bridgehead atoms. The smallest absolute Gasteiger partial charge is 0.0948 e. The molecule has 1 aromatic heterocycles. The van der Waals surface area contributed by atoms with Gasteiger partial charge in [0, 0.05) is 38.4 Å². The highest BCUT2D eigenvalue weighted by atomic mass is 15.2. The van der Waals surface area contributed by atoms with Crippen LogP contribution < -0.4 is 5.32 Å².